The van der Waals surface area contributed by atoms with Gasteiger partial charge in [-0.15, -0.1) is 0 Å². The standard InChI is InChI=1S/C16H23BClNO2/c1-15(2)16(3,4)21-17(20-15)12-5-8-14(18)11(9-12)10-19-13-6-7-13/h5,8-9,13,19H,6-7,10H2,1-4H3. The number of benzene rings is 1. The smallest absolute Gasteiger partial charge is 0.399 e. The van der Waals surface area contributed by atoms with Crippen molar-refractivity contribution in [2.24, 2.45) is 0 Å². The lowest BCUT2D eigenvalue weighted by molar-refractivity contribution is 0.00578. The summed E-state index contributed by atoms with van der Waals surface area (Å²) in [6.45, 7) is 9.07. The molecule has 1 aliphatic heterocycles. The van der Waals surface area contributed by atoms with Crippen molar-refractivity contribution in [2.75, 3.05) is 0 Å². The SMILES string of the molecule is CC1(C)OB(c2ccc(Cl)c(CNC3CC3)c2)OC1(C)C. The first-order valence-electron chi connectivity index (χ1n) is 7.66. The lowest BCUT2D eigenvalue weighted by Gasteiger charge is -2.32. The summed E-state index contributed by atoms with van der Waals surface area (Å²) in [7, 11) is -0.327. The highest BCUT2D eigenvalue weighted by molar-refractivity contribution is 6.62. The Balaban J connectivity index is 1.78. The third kappa shape index (κ3) is 3.14. The Hall–Kier alpha value is -0.545. The van der Waals surface area contributed by atoms with Gasteiger partial charge < -0.3 is 14.6 Å². The van der Waals surface area contributed by atoms with Crippen LogP contribution >= 0.6 is 11.6 Å². The third-order valence-corrected chi connectivity index (χ3v) is 5.12. The number of rotatable bonds is 4. The summed E-state index contributed by atoms with van der Waals surface area (Å²) in [5, 5.41) is 4.29. The maximum Gasteiger partial charge on any atom is 0.494 e. The van der Waals surface area contributed by atoms with Crippen molar-refractivity contribution in [1.82, 2.24) is 5.32 Å². The van der Waals surface area contributed by atoms with Gasteiger partial charge in [0.25, 0.3) is 0 Å². The Morgan fingerprint density at radius 1 is 1.19 bits per heavy atom. The molecule has 1 aromatic rings. The van der Waals surface area contributed by atoms with Crippen LogP contribution in [-0.4, -0.2) is 24.4 Å². The first-order chi connectivity index (χ1) is 9.78. The van der Waals surface area contributed by atoms with Gasteiger partial charge >= 0.3 is 7.12 Å². The van der Waals surface area contributed by atoms with Crippen molar-refractivity contribution in [3.8, 4) is 0 Å². The summed E-state index contributed by atoms with van der Waals surface area (Å²) in [6.07, 6.45) is 2.54. The molecular weight excluding hydrogens is 284 g/mol. The van der Waals surface area contributed by atoms with Gasteiger partial charge in [-0.25, -0.2) is 0 Å². The second-order valence-electron chi connectivity index (χ2n) is 7.09. The molecule has 5 heteroatoms. The number of halogens is 1. The minimum Gasteiger partial charge on any atom is -0.399 e. The quantitative estimate of drug-likeness (QED) is 0.868. The second-order valence-corrected chi connectivity index (χ2v) is 7.50. The molecule has 3 rings (SSSR count). The van der Waals surface area contributed by atoms with Gasteiger partial charge in [0.05, 0.1) is 11.2 Å². The summed E-state index contributed by atoms with van der Waals surface area (Å²) in [4.78, 5) is 0. The highest BCUT2D eigenvalue weighted by Crippen LogP contribution is 2.36. The largest absolute Gasteiger partial charge is 0.494 e. The molecular formula is C16H23BClNO2. The highest BCUT2D eigenvalue weighted by Gasteiger charge is 2.51. The van der Waals surface area contributed by atoms with Crippen LogP contribution in [0, 0.1) is 0 Å². The topological polar surface area (TPSA) is 30.5 Å². The van der Waals surface area contributed by atoms with E-state index in [0.29, 0.717) is 6.04 Å². The Morgan fingerprint density at radius 3 is 2.38 bits per heavy atom. The van der Waals surface area contributed by atoms with E-state index >= 15 is 0 Å². The van der Waals surface area contributed by atoms with Crippen LogP contribution in [0.3, 0.4) is 0 Å². The van der Waals surface area contributed by atoms with Gasteiger partial charge in [0, 0.05) is 17.6 Å². The molecule has 0 unspecified atom stereocenters. The van der Waals surface area contributed by atoms with Gasteiger partial charge in [-0.1, -0.05) is 23.7 Å². The van der Waals surface area contributed by atoms with E-state index in [4.69, 9.17) is 20.9 Å². The minimum absolute atomic E-state index is 0.316. The van der Waals surface area contributed by atoms with E-state index in [1.54, 1.807) is 0 Å². The first-order valence-corrected chi connectivity index (χ1v) is 8.04. The van der Waals surface area contributed by atoms with Crippen LogP contribution in [0.5, 0.6) is 0 Å². The van der Waals surface area contributed by atoms with Crippen LogP contribution in [0.1, 0.15) is 46.1 Å². The Labute approximate surface area is 132 Å². The molecule has 1 heterocycles. The van der Waals surface area contributed by atoms with Gasteiger partial charge in [-0.3, -0.25) is 0 Å². The van der Waals surface area contributed by atoms with Crippen LogP contribution < -0.4 is 10.8 Å². The zero-order chi connectivity index (χ0) is 15.3. The summed E-state index contributed by atoms with van der Waals surface area (Å²) in [5.41, 5.74) is 1.51. The molecule has 2 fully saturated rings. The molecule has 0 spiro atoms. The predicted molar refractivity (Wildman–Crippen MR) is 87.0 cm³/mol. The average molecular weight is 308 g/mol. The molecule has 1 aromatic carbocycles. The lowest BCUT2D eigenvalue weighted by atomic mass is 9.78. The van der Waals surface area contributed by atoms with Crippen molar-refractivity contribution in [3.05, 3.63) is 28.8 Å². The molecule has 3 nitrogen and oxygen atoms in total. The minimum atomic E-state index is -0.327. The predicted octanol–water partition coefficient (Wildman–Crippen LogP) is 2.89. The summed E-state index contributed by atoms with van der Waals surface area (Å²) in [6, 6.07) is 6.69. The maximum absolute atomic E-state index is 6.30. The van der Waals surface area contributed by atoms with E-state index in [2.05, 4.69) is 39.1 Å². The normalized spacial score (nSPS) is 23.6. The van der Waals surface area contributed by atoms with Crippen molar-refractivity contribution in [1.29, 1.82) is 0 Å². The van der Waals surface area contributed by atoms with E-state index in [1.807, 2.05) is 12.1 Å². The summed E-state index contributed by atoms with van der Waals surface area (Å²) >= 11 is 6.30. The molecule has 1 N–H and O–H groups in total. The molecule has 1 saturated heterocycles. The van der Waals surface area contributed by atoms with Gasteiger partial charge in [0.2, 0.25) is 0 Å². The fourth-order valence-corrected chi connectivity index (χ4v) is 2.58. The van der Waals surface area contributed by atoms with Crippen molar-refractivity contribution in [2.45, 2.75) is 64.3 Å². The fraction of sp³-hybridized carbons (Fsp3) is 0.625. The lowest BCUT2D eigenvalue weighted by Crippen LogP contribution is -2.41. The molecule has 0 bridgehead atoms. The summed E-state index contributed by atoms with van der Waals surface area (Å²) < 4.78 is 12.2. The third-order valence-electron chi connectivity index (χ3n) is 4.75. The zero-order valence-corrected chi connectivity index (χ0v) is 14.0. The Morgan fingerprint density at radius 2 is 1.81 bits per heavy atom. The van der Waals surface area contributed by atoms with Crippen LogP contribution in [0.15, 0.2) is 18.2 Å². The Kier molecular flexibility index (Phi) is 3.85. The molecule has 114 valence electrons. The average Bonchev–Trinajstić information content (AvgIpc) is 3.16. The maximum atomic E-state index is 6.30. The van der Waals surface area contributed by atoms with E-state index in [9.17, 15) is 0 Å². The van der Waals surface area contributed by atoms with E-state index < -0.39 is 0 Å². The van der Waals surface area contributed by atoms with Gasteiger partial charge in [-0.05, 0) is 57.6 Å². The van der Waals surface area contributed by atoms with Crippen LogP contribution in [0.25, 0.3) is 0 Å². The number of hydrogen-bond acceptors (Lipinski definition) is 3. The monoisotopic (exact) mass is 307 g/mol. The molecule has 21 heavy (non-hydrogen) atoms. The first kappa shape index (κ1) is 15.4. The van der Waals surface area contributed by atoms with Crippen molar-refractivity contribution in [3.63, 3.8) is 0 Å². The molecule has 2 aliphatic rings. The van der Waals surface area contributed by atoms with E-state index in [1.165, 1.54) is 12.8 Å². The van der Waals surface area contributed by atoms with Crippen LogP contribution in [0.4, 0.5) is 0 Å². The van der Waals surface area contributed by atoms with Gasteiger partial charge in [0.1, 0.15) is 0 Å². The molecule has 0 radical (unpaired) electrons. The highest BCUT2D eigenvalue weighted by atomic mass is 35.5. The molecule has 1 aliphatic carbocycles. The van der Waals surface area contributed by atoms with Crippen molar-refractivity contribution >= 4 is 24.2 Å². The molecule has 1 saturated carbocycles. The number of nitrogens with one attached hydrogen (secondary N) is 1. The number of hydrogen-bond donors (Lipinski definition) is 1. The van der Waals surface area contributed by atoms with Gasteiger partial charge in [0.15, 0.2) is 0 Å². The van der Waals surface area contributed by atoms with E-state index in [0.717, 1.165) is 22.6 Å². The molecule has 0 amide bonds. The van der Waals surface area contributed by atoms with Crippen molar-refractivity contribution < 1.29 is 9.31 Å². The zero-order valence-electron chi connectivity index (χ0n) is 13.2. The van der Waals surface area contributed by atoms with Crippen LogP contribution in [0.2, 0.25) is 5.02 Å². The second kappa shape index (κ2) is 5.27. The van der Waals surface area contributed by atoms with Crippen LogP contribution in [-0.2, 0) is 15.9 Å². The Bertz CT molecular complexity index is 527. The van der Waals surface area contributed by atoms with E-state index in [-0.39, 0.29) is 18.3 Å². The van der Waals surface area contributed by atoms with Gasteiger partial charge in [-0.2, -0.15) is 0 Å². The summed E-state index contributed by atoms with van der Waals surface area (Å²) in [5.74, 6) is 0. The molecule has 0 aromatic heterocycles. The molecule has 0 atom stereocenters. The fourth-order valence-electron chi connectivity index (χ4n) is 2.40.